The molecule has 1 aliphatic heterocycles. The first kappa shape index (κ1) is 17.9. The third-order valence-corrected chi connectivity index (χ3v) is 4.33. The Morgan fingerprint density at radius 3 is 2.80 bits per heavy atom. The van der Waals surface area contributed by atoms with Gasteiger partial charge in [0, 0.05) is 0 Å². The molecule has 0 amide bonds. The minimum absolute atomic E-state index is 0.0123. The maximum atomic E-state index is 15.1. The maximum absolute atomic E-state index is 15.1. The van der Waals surface area contributed by atoms with Crippen molar-refractivity contribution in [1.82, 2.24) is 19.5 Å². The Hall–Kier alpha value is -1.89. The zero-order chi connectivity index (χ0) is 18.6. The van der Waals surface area contributed by atoms with E-state index in [1.165, 1.54) is 10.9 Å². The molecule has 25 heavy (non-hydrogen) atoms. The van der Waals surface area contributed by atoms with Crippen LogP contribution >= 0.6 is 7.82 Å². The summed E-state index contributed by atoms with van der Waals surface area (Å²) in [7, 11) is -4.80. The molecule has 12 nitrogen and oxygen atoms in total. The minimum Gasteiger partial charge on any atom is -0.387 e. The molecule has 0 aromatic carbocycles. The third-order valence-electron chi connectivity index (χ3n) is 3.84. The number of hydrogen-bond donors (Lipinski definition) is 5. The van der Waals surface area contributed by atoms with E-state index in [1.807, 2.05) is 0 Å². The van der Waals surface area contributed by atoms with Gasteiger partial charge in [0.25, 0.3) is 0 Å². The molecule has 1 fully saturated rings. The normalized spacial score (nSPS) is 30.2. The lowest BCUT2D eigenvalue weighted by Crippen LogP contribution is -2.40. The summed E-state index contributed by atoms with van der Waals surface area (Å²) in [5, 5.41) is 10.1. The van der Waals surface area contributed by atoms with Gasteiger partial charge in [-0.15, -0.1) is 0 Å². The molecule has 0 bridgehead atoms. The van der Waals surface area contributed by atoms with Gasteiger partial charge < -0.3 is 31.1 Å². The van der Waals surface area contributed by atoms with Crippen LogP contribution in [0.5, 0.6) is 0 Å². The van der Waals surface area contributed by atoms with E-state index in [4.69, 9.17) is 26.0 Å². The van der Waals surface area contributed by atoms with Crippen LogP contribution in [0.3, 0.4) is 0 Å². The van der Waals surface area contributed by atoms with Crippen molar-refractivity contribution in [3.63, 3.8) is 0 Å². The SMILES string of the molecule is C[C@@]1(F)C(O)[C@@H](COP(=O)(O)O)O[C@H]1n1cnc2c(N)nc(N)nc21. The molecule has 0 aliphatic carbocycles. The Labute approximate surface area is 139 Å². The van der Waals surface area contributed by atoms with E-state index in [2.05, 4.69) is 19.5 Å². The Bertz CT molecular complexity index is 855. The van der Waals surface area contributed by atoms with E-state index in [0.29, 0.717) is 0 Å². The van der Waals surface area contributed by atoms with Crippen molar-refractivity contribution in [3.05, 3.63) is 6.33 Å². The Balaban J connectivity index is 1.96. The lowest BCUT2D eigenvalue weighted by Gasteiger charge is -2.24. The van der Waals surface area contributed by atoms with Crippen molar-refractivity contribution in [2.45, 2.75) is 31.0 Å². The lowest BCUT2D eigenvalue weighted by molar-refractivity contribution is -0.0560. The highest BCUT2D eigenvalue weighted by molar-refractivity contribution is 7.46. The molecule has 138 valence electrons. The topological polar surface area (TPSA) is 192 Å². The number of nitrogen functional groups attached to an aromatic ring is 2. The summed E-state index contributed by atoms with van der Waals surface area (Å²) in [4.78, 5) is 29.2. The number of nitrogens with zero attached hydrogens (tertiary/aromatic N) is 4. The van der Waals surface area contributed by atoms with Gasteiger partial charge in [0.2, 0.25) is 5.95 Å². The summed E-state index contributed by atoms with van der Waals surface area (Å²) in [6.07, 6.45) is -3.28. The van der Waals surface area contributed by atoms with E-state index in [1.54, 1.807) is 0 Å². The van der Waals surface area contributed by atoms with Crippen LogP contribution in [0.25, 0.3) is 11.2 Å². The number of imidazole rings is 1. The fraction of sp³-hybridized carbons (Fsp3) is 0.545. The molecule has 4 atom stereocenters. The molecule has 0 spiro atoms. The number of hydrogen-bond acceptors (Lipinski definition) is 9. The van der Waals surface area contributed by atoms with E-state index in [-0.39, 0.29) is 22.9 Å². The molecule has 0 radical (unpaired) electrons. The van der Waals surface area contributed by atoms with Gasteiger partial charge in [0.1, 0.15) is 17.7 Å². The van der Waals surface area contributed by atoms with Gasteiger partial charge in [-0.1, -0.05) is 0 Å². The molecule has 2 aromatic rings. The molecule has 2 aromatic heterocycles. The number of alkyl halides is 1. The molecule has 0 saturated carbocycles. The number of phosphoric acid groups is 1. The van der Waals surface area contributed by atoms with Crippen LogP contribution in [-0.4, -0.2) is 58.9 Å². The smallest absolute Gasteiger partial charge is 0.387 e. The zero-order valence-corrected chi connectivity index (χ0v) is 13.7. The highest BCUT2D eigenvalue weighted by Gasteiger charge is 2.55. The number of anilines is 2. The van der Waals surface area contributed by atoms with Crippen molar-refractivity contribution in [2.75, 3.05) is 18.1 Å². The predicted molar refractivity (Wildman–Crippen MR) is 81.6 cm³/mol. The fourth-order valence-corrected chi connectivity index (χ4v) is 2.99. The van der Waals surface area contributed by atoms with Crippen LogP contribution in [0, 0.1) is 0 Å². The second-order valence-electron chi connectivity index (χ2n) is 5.70. The second-order valence-corrected chi connectivity index (χ2v) is 6.94. The molecule has 7 N–H and O–H groups in total. The summed E-state index contributed by atoms with van der Waals surface area (Å²) in [5.41, 5.74) is 9.13. The predicted octanol–water partition coefficient (Wildman–Crippen LogP) is -0.913. The highest BCUT2D eigenvalue weighted by atomic mass is 31.2. The van der Waals surface area contributed by atoms with Crippen LogP contribution in [0.15, 0.2) is 6.33 Å². The van der Waals surface area contributed by atoms with Gasteiger partial charge in [-0.05, 0) is 6.92 Å². The first-order valence-corrected chi connectivity index (χ1v) is 8.52. The monoisotopic (exact) mass is 378 g/mol. The number of nitrogens with two attached hydrogens (primary N) is 2. The molecule has 3 rings (SSSR count). The number of rotatable bonds is 4. The minimum atomic E-state index is -4.80. The van der Waals surface area contributed by atoms with E-state index in [9.17, 15) is 9.67 Å². The summed E-state index contributed by atoms with van der Waals surface area (Å²) in [6.45, 7) is 0.354. The molecule has 1 unspecified atom stereocenters. The molecule has 14 heteroatoms. The zero-order valence-electron chi connectivity index (χ0n) is 12.9. The Morgan fingerprint density at radius 1 is 1.48 bits per heavy atom. The van der Waals surface area contributed by atoms with Gasteiger partial charge in [0.15, 0.2) is 23.4 Å². The summed E-state index contributed by atoms with van der Waals surface area (Å²) in [6, 6.07) is 0. The van der Waals surface area contributed by atoms with Crippen molar-refractivity contribution in [1.29, 1.82) is 0 Å². The van der Waals surface area contributed by atoms with Gasteiger partial charge in [-0.25, -0.2) is 13.9 Å². The van der Waals surface area contributed by atoms with Crippen LogP contribution in [0.1, 0.15) is 13.2 Å². The van der Waals surface area contributed by atoms with Crippen LogP contribution in [0.4, 0.5) is 16.2 Å². The Kier molecular flexibility index (Phi) is 4.18. The summed E-state index contributed by atoms with van der Waals surface area (Å²) < 4.78 is 36.7. The highest BCUT2D eigenvalue weighted by Crippen LogP contribution is 2.44. The van der Waals surface area contributed by atoms with Gasteiger partial charge in [-0.3, -0.25) is 9.09 Å². The van der Waals surface area contributed by atoms with Gasteiger partial charge in [0.05, 0.1) is 12.9 Å². The quantitative estimate of drug-likeness (QED) is 0.413. The van der Waals surface area contributed by atoms with Crippen molar-refractivity contribution in [2.24, 2.45) is 0 Å². The van der Waals surface area contributed by atoms with Crippen molar-refractivity contribution >= 4 is 30.8 Å². The third kappa shape index (κ3) is 3.17. The largest absolute Gasteiger partial charge is 0.469 e. The number of aromatic nitrogens is 4. The number of aliphatic hydroxyl groups excluding tert-OH is 1. The van der Waals surface area contributed by atoms with Crippen LogP contribution < -0.4 is 11.5 Å². The van der Waals surface area contributed by atoms with Crippen molar-refractivity contribution < 1.29 is 33.1 Å². The first-order chi connectivity index (χ1) is 11.5. The van der Waals surface area contributed by atoms with E-state index in [0.717, 1.165) is 6.92 Å². The van der Waals surface area contributed by atoms with Crippen molar-refractivity contribution in [3.8, 4) is 0 Å². The average molecular weight is 378 g/mol. The van der Waals surface area contributed by atoms with E-state index >= 15 is 4.39 Å². The van der Waals surface area contributed by atoms with Crippen LogP contribution in [0.2, 0.25) is 0 Å². The molecule has 1 saturated heterocycles. The fourth-order valence-electron chi connectivity index (χ4n) is 2.65. The number of phosphoric ester groups is 1. The first-order valence-electron chi connectivity index (χ1n) is 6.98. The Morgan fingerprint density at radius 2 is 2.16 bits per heavy atom. The molecular weight excluding hydrogens is 362 g/mol. The molecule has 1 aliphatic rings. The second kappa shape index (κ2) is 5.83. The maximum Gasteiger partial charge on any atom is 0.469 e. The van der Waals surface area contributed by atoms with Gasteiger partial charge in [-0.2, -0.15) is 9.97 Å². The number of halogens is 1. The standard InChI is InChI=1S/C11H16FN6O6P/c1-11(12)6(19)4(2-23-25(20,21)22)24-9(11)18-3-15-5-7(13)16-10(14)17-8(5)18/h3-4,6,9,19H,2H2,1H3,(H2,20,21,22)(H4,13,14,16,17)/t4-,6?,9-,11-/m1/s1. The van der Waals surface area contributed by atoms with Crippen LogP contribution in [-0.2, 0) is 13.8 Å². The molecule has 3 heterocycles. The molecular formula is C11H16FN6O6P. The number of fused-ring (bicyclic) bond motifs is 1. The lowest BCUT2D eigenvalue weighted by atomic mass is 9.98. The summed E-state index contributed by atoms with van der Waals surface area (Å²) >= 11 is 0. The van der Waals surface area contributed by atoms with E-state index < -0.39 is 38.5 Å². The van der Waals surface area contributed by atoms with Gasteiger partial charge >= 0.3 is 7.82 Å². The number of ether oxygens (including phenoxy) is 1. The average Bonchev–Trinajstić information content (AvgIpc) is 2.97. The number of aliphatic hydroxyl groups is 1. The summed E-state index contributed by atoms with van der Waals surface area (Å²) in [5.74, 6) is -0.172.